The van der Waals surface area contributed by atoms with Crippen molar-refractivity contribution in [2.75, 3.05) is 20.8 Å². The van der Waals surface area contributed by atoms with Crippen LogP contribution in [0.3, 0.4) is 0 Å². The average Bonchev–Trinajstić information content (AvgIpc) is 2.72. The van der Waals surface area contributed by atoms with Crippen molar-refractivity contribution in [2.24, 2.45) is 5.92 Å². The zero-order chi connectivity index (χ0) is 21.8. The number of ether oxygens (including phenoxy) is 3. The number of benzene rings is 2. The molecule has 5 nitrogen and oxygen atoms in total. The predicted molar refractivity (Wildman–Crippen MR) is 111 cm³/mol. The van der Waals surface area contributed by atoms with E-state index in [0.29, 0.717) is 22.6 Å². The highest BCUT2D eigenvalue weighted by atomic mass is 35.5. The SMILES string of the molecule is CCOC(=O)[C@H]1C(=O)C=C(c2ccc(OC)c(OC)c2)C[C@@H]1c1c(F)cccc1Cl. The molecule has 7 heteroatoms. The van der Waals surface area contributed by atoms with Crippen LogP contribution in [0.2, 0.25) is 5.02 Å². The summed E-state index contributed by atoms with van der Waals surface area (Å²) in [4.78, 5) is 25.5. The number of hydrogen-bond donors (Lipinski definition) is 0. The summed E-state index contributed by atoms with van der Waals surface area (Å²) in [5.41, 5.74) is 1.49. The molecule has 0 saturated heterocycles. The molecule has 0 aromatic heterocycles. The zero-order valence-electron chi connectivity index (χ0n) is 16.9. The Hall–Kier alpha value is -2.86. The number of carbonyl (C=O) groups excluding carboxylic acids is 2. The molecule has 0 fully saturated rings. The van der Waals surface area contributed by atoms with E-state index in [0.717, 1.165) is 0 Å². The Kier molecular flexibility index (Phi) is 6.77. The normalized spacial score (nSPS) is 18.6. The number of allylic oxidation sites excluding steroid dienone is 2. The van der Waals surface area contributed by atoms with Crippen LogP contribution in [-0.2, 0) is 14.3 Å². The number of rotatable bonds is 6. The van der Waals surface area contributed by atoms with E-state index in [1.807, 2.05) is 0 Å². The summed E-state index contributed by atoms with van der Waals surface area (Å²) in [5, 5.41) is 0.163. The van der Waals surface area contributed by atoms with E-state index < -0.39 is 29.4 Å². The van der Waals surface area contributed by atoms with Crippen molar-refractivity contribution in [3.8, 4) is 11.5 Å². The van der Waals surface area contributed by atoms with Gasteiger partial charge in [-0.3, -0.25) is 9.59 Å². The summed E-state index contributed by atoms with van der Waals surface area (Å²) >= 11 is 6.28. The molecule has 3 rings (SSSR count). The van der Waals surface area contributed by atoms with Crippen molar-refractivity contribution < 1.29 is 28.2 Å². The number of methoxy groups -OCH3 is 2. The molecule has 158 valence electrons. The molecule has 0 N–H and O–H groups in total. The molecular weight excluding hydrogens is 411 g/mol. The Bertz CT molecular complexity index is 981. The van der Waals surface area contributed by atoms with Crippen LogP contribution in [-0.4, -0.2) is 32.6 Å². The third kappa shape index (κ3) is 4.19. The topological polar surface area (TPSA) is 61.8 Å². The van der Waals surface area contributed by atoms with E-state index in [-0.39, 0.29) is 23.6 Å². The van der Waals surface area contributed by atoms with Gasteiger partial charge in [0.2, 0.25) is 0 Å². The van der Waals surface area contributed by atoms with Crippen LogP contribution in [0.4, 0.5) is 4.39 Å². The second-order valence-electron chi connectivity index (χ2n) is 6.82. The van der Waals surface area contributed by atoms with E-state index in [1.165, 1.54) is 32.4 Å². The molecule has 1 aliphatic carbocycles. The maximum absolute atomic E-state index is 14.7. The summed E-state index contributed by atoms with van der Waals surface area (Å²) in [6.07, 6.45) is 1.64. The maximum atomic E-state index is 14.7. The first kappa shape index (κ1) is 21.8. The van der Waals surface area contributed by atoms with Gasteiger partial charge in [-0.25, -0.2) is 4.39 Å². The van der Waals surface area contributed by atoms with Crippen LogP contribution in [0.1, 0.15) is 30.4 Å². The number of halogens is 2. The third-order valence-corrected chi connectivity index (χ3v) is 5.46. The molecule has 0 radical (unpaired) electrons. The van der Waals surface area contributed by atoms with Crippen molar-refractivity contribution in [3.05, 3.63) is 64.4 Å². The Morgan fingerprint density at radius 2 is 1.90 bits per heavy atom. The van der Waals surface area contributed by atoms with Crippen LogP contribution in [0.5, 0.6) is 11.5 Å². The van der Waals surface area contributed by atoms with Gasteiger partial charge < -0.3 is 14.2 Å². The van der Waals surface area contributed by atoms with E-state index in [2.05, 4.69) is 0 Å². The number of hydrogen-bond acceptors (Lipinski definition) is 5. The Labute approximate surface area is 179 Å². The largest absolute Gasteiger partial charge is 0.493 e. The lowest BCUT2D eigenvalue weighted by Crippen LogP contribution is -2.34. The van der Waals surface area contributed by atoms with Gasteiger partial charge in [0.15, 0.2) is 17.3 Å². The number of carbonyl (C=O) groups is 2. The van der Waals surface area contributed by atoms with E-state index in [4.69, 9.17) is 25.8 Å². The summed E-state index contributed by atoms with van der Waals surface area (Å²) < 4.78 is 30.4. The highest BCUT2D eigenvalue weighted by Gasteiger charge is 2.41. The Morgan fingerprint density at radius 1 is 1.17 bits per heavy atom. The molecule has 30 heavy (non-hydrogen) atoms. The fourth-order valence-corrected chi connectivity index (χ4v) is 4.06. The van der Waals surface area contributed by atoms with Gasteiger partial charge in [0.05, 0.1) is 20.8 Å². The van der Waals surface area contributed by atoms with Crippen LogP contribution in [0.25, 0.3) is 5.57 Å². The second-order valence-corrected chi connectivity index (χ2v) is 7.22. The predicted octanol–water partition coefficient (Wildman–Crippen LogP) is 4.82. The molecule has 2 aromatic rings. The van der Waals surface area contributed by atoms with Gasteiger partial charge in [0.25, 0.3) is 0 Å². The standard InChI is InChI=1S/C23H22ClFO5/c1-4-30-23(27)22-15(21-16(24)6-5-7-17(21)25)10-14(11-18(22)26)13-8-9-19(28-2)20(12-13)29-3/h5-9,11-12,15,22H,4,10H2,1-3H3/t15-,22-/m1/s1. The van der Waals surface area contributed by atoms with E-state index in [9.17, 15) is 14.0 Å². The molecule has 0 spiro atoms. The van der Waals surface area contributed by atoms with Gasteiger partial charge in [0.1, 0.15) is 11.7 Å². The summed E-state index contributed by atoms with van der Waals surface area (Å²) in [6.45, 7) is 1.77. The highest BCUT2D eigenvalue weighted by Crippen LogP contribution is 2.44. The first-order valence-corrected chi connectivity index (χ1v) is 9.86. The fraction of sp³-hybridized carbons (Fsp3) is 0.304. The summed E-state index contributed by atoms with van der Waals surface area (Å²) in [5.74, 6) is -2.62. The molecule has 0 heterocycles. The molecular formula is C23H22ClFO5. The second kappa shape index (κ2) is 9.30. The van der Waals surface area contributed by atoms with Crippen molar-refractivity contribution >= 4 is 28.9 Å². The lowest BCUT2D eigenvalue weighted by Gasteiger charge is -2.30. The van der Waals surface area contributed by atoms with Crippen LogP contribution < -0.4 is 9.47 Å². The molecule has 2 atom stereocenters. The molecule has 0 bridgehead atoms. The van der Waals surface area contributed by atoms with E-state index in [1.54, 1.807) is 31.2 Å². The lowest BCUT2D eigenvalue weighted by atomic mass is 9.73. The fourth-order valence-electron chi connectivity index (χ4n) is 3.76. The molecule has 0 unspecified atom stereocenters. The molecule has 0 saturated carbocycles. The minimum atomic E-state index is -1.16. The summed E-state index contributed by atoms with van der Waals surface area (Å²) in [7, 11) is 3.04. The Balaban J connectivity index is 2.10. The summed E-state index contributed by atoms with van der Waals surface area (Å²) in [6, 6.07) is 9.54. The molecule has 0 aliphatic heterocycles. The number of esters is 1. The smallest absolute Gasteiger partial charge is 0.317 e. The first-order chi connectivity index (χ1) is 14.4. The average molecular weight is 433 g/mol. The third-order valence-electron chi connectivity index (χ3n) is 5.13. The van der Waals surface area contributed by atoms with Gasteiger partial charge in [-0.05, 0) is 54.8 Å². The lowest BCUT2D eigenvalue weighted by molar-refractivity contribution is -0.151. The van der Waals surface area contributed by atoms with E-state index >= 15 is 0 Å². The maximum Gasteiger partial charge on any atom is 0.317 e. The van der Waals surface area contributed by atoms with Crippen LogP contribution >= 0.6 is 11.6 Å². The van der Waals surface area contributed by atoms with Gasteiger partial charge in [-0.15, -0.1) is 0 Å². The minimum absolute atomic E-state index is 0.118. The molecule has 2 aromatic carbocycles. The molecule has 0 amide bonds. The van der Waals surface area contributed by atoms with Crippen molar-refractivity contribution in [3.63, 3.8) is 0 Å². The number of ketones is 1. The van der Waals surface area contributed by atoms with Gasteiger partial charge >= 0.3 is 5.97 Å². The van der Waals surface area contributed by atoms with Crippen molar-refractivity contribution in [2.45, 2.75) is 19.3 Å². The van der Waals surface area contributed by atoms with Crippen LogP contribution in [0, 0.1) is 11.7 Å². The van der Waals surface area contributed by atoms with Gasteiger partial charge in [0, 0.05) is 16.5 Å². The van der Waals surface area contributed by atoms with Crippen LogP contribution in [0.15, 0.2) is 42.5 Å². The molecule has 1 aliphatic rings. The highest BCUT2D eigenvalue weighted by molar-refractivity contribution is 6.31. The quantitative estimate of drug-likeness (QED) is 0.484. The first-order valence-electron chi connectivity index (χ1n) is 9.48. The van der Waals surface area contributed by atoms with Crippen molar-refractivity contribution in [1.82, 2.24) is 0 Å². The van der Waals surface area contributed by atoms with Crippen molar-refractivity contribution in [1.29, 1.82) is 0 Å². The zero-order valence-corrected chi connectivity index (χ0v) is 17.7. The van der Waals surface area contributed by atoms with Gasteiger partial charge in [-0.2, -0.15) is 0 Å². The monoisotopic (exact) mass is 432 g/mol. The Morgan fingerprint density at radius 3 is 2.53 bits per heavy atom. The van der Waals surface area contributed by atoms with Gasteiger partial charge in [-0.1, -0.05) is 23.7 Å². The minimum Gasteiger partial charge on any atom is -0.493 e.